The first-order valence-electron chi connectivity index (χ1n) is 9.63. The van der Waals surface area contributed by atoms with Crippen LogP contribution in [0.4, 0.5) is 21.0 Å². The van der Waals surface area contributed by atoms with Gasteiger partial charge in [-0.2, -0.15) is 5.06 Å². The summed E-state index contributed by atoms with van der Waals surface area (Å²) in [6, 6.07) is 11.0. The molecule has 1 saturated heterocycles. The lowest BCUT2D eigenvalue weighted by molar-refractivity contribution is -0.305. The quantitative estimate of drug-likeness (QED) is 0.486. The van der Waals surface area contributed by atoms with Gasteiger partial charge in [-0.05, 0) is 62.4 Å². The van der Waals surface area contributed by atoms with Gasteiger partial charge in [0, 0.05) is 40.4 Å². The number of urea groups is 2. The molecule has 3 rings (SSSR count). The van der Waals surface area contributed by atoms with E-state index < -0.39 is 36.2 Å². The van der Waals surface area contributed by atoms with Gasteiger partial charge in [-0.1, -0.05) is 23.2 Å². The lowest BCUT2D eigenvalue weighted by Gasteiger charge is -2.38. The molecule has 32 heavy (non-hydrogen) atoms. The first-order chi connectivity index (χ1) is 15.0. The van der Waals surface area contributed by atoms with Gasteiger partial charge in [-0.25, -0.2) is 9.59 Å². The van der Waals surface area contributed by atoms with E-state index in [4.69, 9.17) is 23.2 Å². The summed E-state index contributed by atoms with van der Waals surface area (Å²) >= 11 is 11.8. The predicted octanol–water partition coefficient (Wildman–Crippen LogP) is 3.40. The molecule has 0 saturated carbocycles. The molecule has 1 heterocycles. The number of amides is 4. The molecule has 0 bridgehead atoms. The highest BCUT2D eigenvalue weighted by Gasteiger charge is 2.55. The SMILES string of the molecule is CC1(C)[C@H](N(O)C(=O)Nc2ccc(Cl)cc2)N(c2ccc(Cl)cc2)C(=O)N1CCC(=O)[O-]. The third kappa shape index (κ3) is 4.74. The number of nitrogens with zero attached hydrogens (tertiary/aromatic N) is 3. The van der Waals surface area contributed by atoms with E-state index in [1.807, 2.05) is 0 Å². The average Bonchev–Trinajstić information content (AvgIpc) is 2.93. The van der Waals surface area contributed by atoms with Crippen LogP contribution in [0.15, 0.2) is 48.5 Å². The number of rotatable bonds is 6. The second-order valence-corrected chi connectivity index (χ2v) is 8.58. The van der Waals surface area contributed by atoms with Crippen molar-refractivity contribution >= 4 is 52.6 Å². The minimum absolute atomic E-state index is 0.165. The molecule has 2 aromatic rings. The van der Waals surface area contributed by atoms with E-state index in [0.29, 0.717) is 26.5 Å². The molecule has 9 nitrogen and oxygen atoms in total. The highest BCUT2D eigenvalue weighted by molar-refractivity contribution is 6.31. The van der Waals surface area contributed by atoms with E-state index >= 15 is 0 Å². The van der Waals surface area contributed by atoms with Gasteiger partial charge in [0.05, 0.1) is 5.54 Å². The topological polar surface area (TPSA) is 116 Å². The van der Waals surface area contributed by atoms with Crippen LogP contribution in [-0.2, 0) is 4.79 Å². The van der Waals surface area contributed by atoms with Crippen molar-refractivity contribution in [2.45, 2.75) is 32.0 Å². The van der Waals surface area contributed by atoms with E-state index in [-0.39, 0.29) is 6.54 Å². The maximum Gasteiger partial charge on any atom is 0.347 e. The van der Waals surface area contributed by atoms with E-state index in [1.165, 1.54) is 9.80 Å². The van der Waals surface area contributed by atoms with Gasteiger partial charge in [0.1, 0.15) is 0 Å². The Hall–Kier alpha value is -3.01. The smallest absolute Gasteiger partial charge is 0.347 e. The number of aliphatic carboxylic acids is 1. The summed E-state index contributed by atoms with van der Waals surface area (Å²) in [5, 5.41) is 25.8. The summed E-state index contributed by atoms with van der Waals surface area (Å²) in [5.41, 5.74) is -0.419. The third-order valence-corrected chi connectivity index (χ3v) is 5.69. The molecule has 1 aliphatic heterocycles. The number of hydroxylamine groups is 2. The molecule has 0 unspecified atom stereocenters. The van der Waals surface area contributed by atoms with E-state index in [2.05, 4.69) is 5.32 Å². The number of nitrogens with one attached hydrogen (secondary N) is 1. The second-order valence-electron chi connectivity index (χ2n) is 7.71. The van der Waals surface area contributed by atoms with Crippen LogP contribution in [0.2, 0.25) is 10.0 Å². The number of carboxylic acid groups (broad SMARTS) is 1. The summed E-state index contributed by atoms with van der Waals surface area (Å²) in [5.74, 6) is -1.32. The van der Waals surface area contributed by atoms with Gasteiger partial charge in [0.2, 0.25) is 0 Å². The molecule has 1 aliphatic rings. The van der Waals surface area contributed by atoms with Gasteiger partial charge >= 0.3 is 12.1 Å². The number of carboxylic acids is 1. The van der Waals surface area contributed by atoms with Crippen molar-refractivity contribution in [1.82, 2.24) is 9.96 Å². The highest BCUT2D eigenvalue weighted by atomic mass is 35.5. The lowest BCUT2D eigenvalue weighted by atomic mass is 9.99. The standard InChI is InChI=1S/C21H22Cl2N4O5/c1-21(2)18(27(32)19(30)24-15-7-3-13(22)4-8-15)26(16-9-5-14(23)6-10-16)20(31)25(21)12-11-17(28)29/h3-10,18,32H,11-12H2,1-2H3,(H,24,30)(H,28,29)/p-1/t18-/m0/s1. The number of carbonyl (C=O) groups excluding carboxylic acids is 3. The number of benzene rings is 2. The summed E-state index contributed by atoms with van der Waals surface area (Å²) in [4.78, 5) is 39.6. The minimum atomic E-state index is -1.32. The van der Waals surface area contributed by atoms with Gasteiger partial charge < -0.3 is 20.1 Å². The zero-order chi connectivity index (χ0) is 23.6. The molecule has 4 amide bonds. The Morgan fingerprint density at radius 1 is 1.09 bits per heavy atom. The Labute approximate surface area is 194 Å². The molecule has 0 aliphatic carbocycles. The van der Waals surface area contributed by atoms with Crippen LogP contribution < -0.4 is 15.3 Å². The lowest BCUT2D eigenvalue weighted by Crippen LogP contribution is -2.58. The fourth-order valence-corrected chi connectivity index (χ4v) is 3.86. The Kier molecular flexibility index (Phi) is 6.82. The van der Waals surface area contributed by atoms with Crippen molar-refractivity contribution in [3.63, 3.8) is 0 Å². The summed E-state index contributed by atoms with van der Waals surface area (Å²) in [7, 11) is 0. The number of carbonyl (C=O) groups is 3. The molecule has 1 atom stereocenters. The summed E-state index contributed by atoms with van der Waals surface area (Å²) < 4.78 is 0. The van der Waals surface area contributed by atoms with E-state index in [9.17, 15) is 24.7 Å². The maximum atomic E-state index is 13.3. The van der Waals surface area contributed by atoms with Crippen LogP contribution in [0.1, 0.15) is 20.3 Å². The Balaban J connectivity index is 1.96. The number of hydrogen-bond donors (Lipinski definition) is 2. The number of hydrogen-bond acceptors (Lipinski definition) is 5. The predicted molar refractivity (Wildman–Crippen MR) is 118 cm³/mol. The molecule has 1 fully saturated rings. The zero-order valence-electron chi connectivity index (χ0n) is 17.3. The van der Waals surface area contributed by atoms with Crippen molar-refractivity contribution in [3.8, 4) is 0 Å². The molecule has 2 N–H and O–H groups in total. The first-order valence-corrected chi connectivity index (χ1v) is 10.4. The third-order valence-electron chi connectivity index (χ3n) is 5.19. The van der Waals surface area contributed by atoms with Crippen molar-refractivity contribution < 1.29 is 24.7 Å². The molecule has 2 aromatic carbocycles. The van der Waals surface area contributed by atoms with Crippen LogP contribution in [0.25, 0.3) is 0 Å². The van der Waals surface area contributed by atoms with Crippen LogP contribution in [0.3, 0.4) is 0 Å². The van der Waals surface area contributed by atoms with Gasteiger partial charge in [0.15, 0.2) is 6.17 Å². The molecule has 0 spiro atoms. The van der Waals surface area contributed by atoms with Crippen LogP contribution in [0, 0.1) is 0 Å². The van der Waals surface area contributed by atoms with Crippen molar-refractivity contribution in [1.29, 1.82) is 0 Å². The Morgan fingerprint density at radius 2 is 1.62 bits per heavy atom. The summed E-state index contributed by atoms with van der Waals surface area (Å²) in [6.07, 6.45) is -1.59. The van der Waals surface area contributed by atoms with Crippen LogP contribution in [0.5, 0.6) is 0 Å². The second kappa shape index (κ2) is 9.23. The molecular weight excluding hydrogens is 459 g/mol. The van der Waals surface area contributed by atoms with E-state index in [1.54, 1.807) is 62.4 Å². The summed E-state index contributed by atoms with van der Waals surface area (Å²) in [6.45, 7) is 3.08. The monoisotopic (exact) mass is 479 g/mol. The Bertz CT molecular complexity index is 1010. The minimum Gasteiger partial charge on any atom is -0.550 e. The normalized spacial score (nSPS) is 17.4. The van der Waals surface area contributed by atoms with Crippen molar-refractivity contribution in [3.05, 3.63) is 58.6 Å². The van der Waals surface area contributed by atoms with E-state index in [0.717, 1.165) is 0 Å². The number of anilines is 2. The molecule has 11 heteroatoms. The van der Waals surface area contributed by atoms with Crippen molar-refractivity contribution in [2.75, 3.05) is 16.8 Å². The highest BCUT2D eigenvalue weighted by Crippen LogP contribution is 2.38. The van der Waals surface area contributed by atoms with Crippen molar-refractivity contribution in [2.24, 2.45) is 0 Å². The van der Waals surface area contributed by atoms with Gasteiger partial charge in [0.25, 0.3) is 0 Å². The average molecular weight is 480 g/mol. The fraction of sp³-hybridized carbons (Fsp3) is 0.286. The molecule has 170 valence electrons. The van der Waals surface area contributed by atoms with Gasteiger partial charge in [-0.15, -0.1) is 0 Å². The zero-order valence-corrected chi connectivity index (χ0v) is 18.8. The maximum absolute atomic E-state index is 13.3. The fourth-order valence-electron chi connectivity index (χ4n) is 3.61. The first kappa shape index (κ1) is 23.6. The molecule has 0 aromatic heterocycles. The molecular formula is C21H21Cl2N4O5-. The number of halogens is 2. The van der Waals surface area contributed by atoms with Crippen LogP contribution in [-0.4, -0.2) is 51.5 Å². The Morgan fingerprint density at radius 3 is 2.16 bits per heavy atom. The largest absolute Gasteiger partial charge is 0.550 e. The van der Waals surface area contributed by atoms with Gasteiger partial charge in [-0.3, -0.25) is 10.1 Å². The molecule has 0 radical (unpaired) electrons. The van der Waals surface area contributed by atoms with Crippen LogP contribution >= 0.6 is 23.2 Å².